The van der Waals surface area contributed by atoms with Crippen LogP contribution in [0.15, 0.2) is 59.7 Å². The third-order valence-electron chi connectivity index (χ3n) is 4.23. The van der Waals surface area contributed by atoms with Crippen LogP contribution in [0.3, 0.4) is 0 Å². The summed E-state index contributed by atoms with van der Waals surface area (Å²) < 4.78 is 0. The van der Waals surface area contributed by atoms with Gasteiger partial charge < -0.3 is 0 Å². The second kappa shape index (κ2) is 7.74. The first kappa shape index (κ1) is 18.2. The molecule has 0 saturated carbocycles. The van der Waals surface area contributed by atoms with E-state index in [9.17, 15) is 10.1 Å². The summed E-state index contributed by atoms with van der Waals surface area (Å²) >= 11 is 0. The molecule has 0 bridgehead atoms. The van der Waals surface area contributed by atoms with Gasteiger partial charge in [-0.05, 0) is 20.8 Å². The van der Waals surface area contributed by atoms with E-state index in [2.05, 4.69) is 20.5 Å². The topological polar surface area (TPSA) is 93.3 Å². The zero-order chi connectivity index (χ0) is 19.4. The summed E-state index contributed by atoms with van der Waals surface area (Å²) in [6, 6.07) is 16.1. The zero-order valence-corrected chi connectivity index (χ0v) is 15.3. The van der Waals surface area contributed by atoms with E-state index < -0.39 is 4.92 Å². The Balaban J connectivity index is 1.91. The Morgan fingerprint density at radius 2 is 1.81 bits per heavy atom. The van der Waals surface area contributed by atoms with Crippen molar-refractivity contribution < 1.29 is 4.92 Å². The van der Waals surface area contributed by atoms with Gasteiger partial charge in [-0.2, -0.15) is 5.10 Å². The van der Waals surface area contributed by atoms with Gasteiger partial charge in [-0.1, -0.05) is 42.5 Å². The van der Waals surface area contributed by atoms with Gasteiger partial charge in [-0.25, -0.2) is 9.97 Å². The first-order valence-electron chi connectivity index (χ1n) is 8.41. The third kappa shape index (κ3) is 4.14. The fourth-order valence-corrected chi connectivity index (χ4v) is 2.50. The Hall–Kier alpha value is -3.61. The second-order valence-corrected chi connectivity index (χ2v) is 6.09. The molecule has 136 valence electrons. The number of hydrogen-bond donors (Lipinski definition) is 1. The highest BCUT2D eigenvalue weighted by molar-refractivity contribution is 5.99. The molecule has 0 spiro atoms. The van der Waals surface area contributed by atoms with Crippen LogP contribution < -0.4 is 5.43 Å². The maximum atomic E-state index is 10.9. The van der Waals surface area contributed by atoms with Crippen molar-refractivity contribution in [3.63, 3.8) is 0 Å². The van der Waals surface area contributed by atoms with E-state index in [1.54, 1.807) is 19.1 Å². The van der Waals surface area contributed by atoms with Crippen molar-refractivity contribution in [2.75, 3.05) is 5.43 Å². The highest BCUT2D eigenvalue weighted by Gasteiger charge is 2.10. The standard InChI is InChI=1S/C20H19N5O2/c1-13-14(2)21-20(16-8-5-4-6-9-16)22-19(13)24-23-15(3)17-10-7-11-18(12-17)25(26)27/h4-12H,1-3H3,(H,21,22,24)/b23-15-. The number of hydrogen-bond acceptors (Lipinski definition) is 6. The third-order valence-corrected chi connectivity index (χ3v) is 4.23. The Morgan fingerprint density at radius 3 is 2.52 bits per heavy atom. The molecular weight excluding hydrogens is 342 g/mol. The smallest absolute Gasteiger partial charge is 0.261 e. The minimum Gasteiger partial charge on any atom is -0.261 e. The van der Waals surface area contributed by atoms with Crippen molar-refractivity contribution in [2.24, 2.45) is 5.10 Å². The largest absolute Gasteiger partial charge is 0.270 e. The molecule has 3 aromatic rings. The molecule has 0 atom stereocenters. The van der Waals surface area contributed by atoms with Crippen molar-refractivity contribution in [1.29, 1.82) is 0 Å². The van der Waals surface area contributed by atoms with E-state index in [1.807, 2.05) is 44.2 Å². The Morgan fingerprint density at radius 1 is 1.07 bits per heavy atom. The summed E-state index contributed by atoms with van der Waals surface area (Å²) in [5.41, 5.74) is 6.97. The summed E-state index contributed by atoms with van der Waals surface area (Å²) in [5.74, 6) is 1.22. The lowest BCUT2D eigenvalue weighted by molar-refractivity contribution is -0.384. The van der Waals surface area contributed by atoms with Crippen LogP contribution in [0.5, 0.6) is 0 Å². The Labute approximate surface area is 157 Å². The van der Waals surface area contributed by atoms with Crippen LogP contribution in [0.25, 0.3) is 11.4 Å². The number of aryl methyl sites for hydroxylation is 1. The van der Waals surface area contributed by atoms with Gasteiger partial charge >= 0.3 is 0 Å². The van der Waals surface area contributed by atoms with Crippen molar-refractivity contribution in [2.45, 2.75) is 20.8 Å². The number of nitrogens with zero attached hydrogens (tertiary/aromatic N) is 4. The predicted molar refractivity (Wildman–Crippen MR) is 106 cm³/mol. The number of nitro benzene ring substituents is 1. The highest BCUT2D eigenvalue weighted by Crippen LogP contribution is 2.22. The second-order valence-electron chi connectivity index (χ2n) is 6.09. The average molecular weight is 361 g/mol. The van der Waals surface area contributed by atoms with Gasteiger partial charge in [0.05, 0.1) is 10.6 Å². The molecule has 0 radical (unpaired) electrons. The monoisotopic (exact) mass is 361 g/mol. The fraction of sp³-hybridized carbons (Fsp3) is 0.150. The molecule has 0 amide bonds. The van der Waals surface area contributed by atoms with E-state index in [0.29, 0.717) is 22.9 Å². The van der Waals surface area contributed by atoms with Gasteiger partial charge in [0.1, 0.15) is 0 Å². The zero-order valence-electron chi connectivity index (χ0n) is 15.3. The van der Waals surface area contributed by atoms with Crippen molar-refractivity contribution in [3.05, 3.63) is 81.5 Å². The van der Waals surface area contributed by atoms with Crippen LogP contribution in [0.1, 0.15) is 23.7 Å². The number of aromatic nitrogens is 2. The average Bonchev–Trinajstić information content (AvgIpc) is 2.69. The van der Waals surface area contributed by atoms with Gasteiger partial charge in [0.2, 0.25) is 0 Å². The highest BCUT2D eigenvalue weighted by atomic mass is 16.6. The summed E-state index contributed by atoms with van der Waals surface area (Å²) in [5, 5.41) is 15.3. The van der Waals surface area contributed by atoms with E-state index in [1.165, 1.54) is 12.1 Å². The molecule has 1 aromatic heterocycles. The summed E-state index contributed by atoms with van der Waals surface area (Å²) in [4.78, 5) is 19.6. The molecule has 3 rings (SSSR count). The Bertz CT molecular complexity index is 1020. The van der Waals surface area contributed by atoms with E-state index >= 15 is 0 Å². The van der Waals surface area contributed by atoms with Crippen LogP contribution >= 0.6 is 0 Å². The number of rotatable bonds is 5. The molecule has 2 aromatic carbocycles. The van der Waals surface area contributed by atoms with Crippen LogP contribution in [0.2, 0.25) is 0 Å². The number of anilines is 1. The van der Waals surface area contributed by atoms with Crippen molar-refractivity contribution in [1.82, 2.24) is 9.97 Å². The van der Waals surface area contributed by atoms with E-state index in [-0.39, 0.29) is 5.69 Å². The summed E-state index contributed by atoms with van der Waals surface area (Å²) in [6.45, 7) is 5.63. The Kier molecular flexibility index (Phi) is 5.21. The predicted octanol–water partition coefficient (Wildman–Crippen LogP) is 4.50. The molecule has 0 aliphatic carbocycles. The van der Waals surface area contributed by atoms with Crippen molar-refractivity contribution >= 4 is 17.2 Å². The lowest BCUT2D eigenvalue weighted by atomic mass is 10.1. The fourth-order valence-electron chi connectivity index (χ4n) is 2.50. The van der Waals surface area contributed by atoms with Crippen LogP contribution in [-0.2, 0) is 0 Å². The lowest BCUT2D eigenvalue weighted by Gasteiger charge is -2.10. The van der Waals surface area contributed by atoms with E-state index in [0.717, 1.165) is 16.8 Å². The van der Waals surface area contributed by atoms with Crippen LogP contribution in [-0.4, -0.2) is 20.6 Å². The molecule has 1 N–H and O–H groups in total. The molecule has 1 heterocycles. The van der Waals surface area contributed by atoms with E-state index in [4.69, 9.17) is 0 Å². The maximum Gasteiger partial charge on any atom is 0.270 e. The quantitative estimate of drug-likeness (QED) is 0.410. The molecule has 0 aliphatic rings. The minimum absolute atomic E-state index is 0.0301. The van der Waals surface area contributed by atoms with Gasteiger partial charge in [0.25, 0.3) is 5.69 Å². The molecule has 7 heteroatoms. The minimum atomic E-state index is -0.422. The summed E-state index contributed by atoms with van der Waals surface area (Å²) in [7, 11) is 0. The lowest BCUT2D eigenvalue weighted by Crippen LogP contribution is -2.05. The maximum absolute atomic E-state index is 10.9. The first-order valence-corrected chi connectivity index (χ1v) is 8.41. The SMILES string of the molecule is C/C(=N/Nc1nc(-c2ccccc2)nc(C)c1C)c1cccc([N+](=O)[O-])c1. The van der Waals surface area contributed by atoms with Gasteiger partial charge in [0, 0.05) is 34.5 Å². The number of non-ortho nitro benzene ring substituents is 1. The van der Waals surface area contributed by atoms with Crippen molar-refractivity contribution in [3.8, 4) is 11.4 Å². The molecule has 0 saturated heterocycles. The molecule has 0 aliphatic heterocycles. The summed E-state index contributed by atoms with van der Waals surface area (Å²) in [6.07, 6.45) is 0. The molecular formula is C20H19N5O2. The van der Waals surface area contributed by atoms with Crippen LogP contribution in [0.4, 0.5) is 11.5 Å². The molecule has 0 fully saturated rings. The number of hydrazone groups is 1. The van der Waals surface area contributed by atoms with Gasteiger partial charge in [0.15, 0.2) is 11.6 Å². The first-order chi connectivity index (χ1) is 13.0. The number of nitrogens with one attached hydrogen (secondary N) is 1. The van der Waals surface area contributed by atoms with Gasteiger partial charge in [-0.15, -0.1) is 0 Å². The van der Waals surface area contributed by atoms with Crippen LogP contribution in [0, 0.1) is 24.0 Å². The van der Waals surface area contributed by atoms with Gasteiger partial charge in [-0.3, -0.25) is 15.5 Å². The number of nitro groups is 1. The molecule has 0 unspecified atom stereocenters. The molecule has 27 heavy (non-hydrogen) atoms. The number of benzene rings is 2. The molecule has 7 nitrogen and oxygen atoms in total. The normalized spacial score (nSPS) is 11.3.